The summed E-state index contributed by atoms with van der Waals surface area (Å²) in [6, 6.07) is 23.1. The van der Waals surface area contributed by atoms with Crippen molar-refractivity contribution in [3.05, 3.63) is 117 Å². The quantitative estimate of drug-likeness (QED) is 0.189. The van der Waals surface area contributed by atoms with Gasteiger partial charge in [0.15, 0.2) is 0 Å². The van der Waals surface area contributed by atoms with Crippen molar-refractivity contribution in [3.8, 4) is 5.75 Å². The number of alkyl halides is 3. The summed E-state index contributed by atoms with van der Waals surface area (Å²) in [7, 11) is 0. The fraction of sp³-hybridized carbons (Fsp3) is 0.333. The van der Waals surface area contributed by atoms with E-state index < -0.39 is 11.7 Å². The Hall–Kier alpha value is -3.73. The van der Waals surface area contributed by atoms with E-state index in [-0.39, 0.29) is 12.5 Å². The number of piperazine rings is 1. The van der Waals surface area contributed by atoms with Gasteiger partial charge in [0, 0.05) is 44.6 Å². The van der Waals surface area contributed by atoms with Crippen molar-refractivity contribution in [1.82, 2.24) is 19.7 Å². The molecule has 226 valence electrons. The minimum atomic E-state index is -4.41. The van der Waals surface area contributed by atoms with E-state index in [4.69, 9.17) is 4.74 Å². The molecule has 4 aromatic rings. The van der Waals surface area contributed by atoms with Crippen LogP contribution in [0.1, 0.15) is 44.7 Å². The van der Waals surface area contributed by atoms with E-state index in [2.05, 4.69) is 16.8 Å². The number of rotatable bonds is 11. The Labute approximate surface area is 254 Å². The van der Waals surface area contributed by atoms with Crippen LogP contribution in [0.5, 0.6) is 5.75 Å². The van der Waals surface area contributed by atoms with E-state index in [1.807, 2.05) is 64.4 Å². The zero-order valence-electron chi connectivity index (χ0n) is 24.1. The summed E-state index contributed by atoms with van der Waals surface area (Å²) in [4.78, 5) is 23.9. The number of benzene rings is 3. The van der Waals surface area contributed by atoms with Crippen LogP contribution in [0.4, 0.5) is 13.2 Å². The Bertz CT molecular complexity index is 1470. The molecule has 0 bridgehead atoms. The lowest BCUT2D eigenvalue weighted by atomic mass is 10.1. The highest BCUT2D eigenvalue weighted by molar-refractivity contribution is 7.09. The average molecular weight is 609 g/mol. The Morgan fingerprint density at radius 3 is 2.28 bits per heavy atom. The second-order valence-corrected chi connectivity index (χ2v) is 11.6. The standard InChI is InChI=1S/C33H35F3N4O2S/c1-2-38-15-17-40(18-16-38)32(41)30-24-43-31(37-30)22-39(21-27-9-6-10-28(19-27)33(34,35)36)20-25-11-13-29(14-12-25)42-23-26-7-4-3-5-8-26/h3-14,19,24H,2,15-18,20-23H2,1H3. The summed E-state index contributed by atoms with van der Waals surface area (Å²) < 4.78 is 46.1. The van der Waals surface area contributed by atoms with Crippen molar-refractivity contribution in [2.75, 3.05) is 32.7 Å². The summed E-state index contributed by atoms with van der Waals surface area (Å²) >= 11 is 1.40. The van der Waals surface area contributed by atoms with Crippen LogP contribution < -0.4 is 4.74 Å². The third-order valence-corrected chi connectivity index (χ3v) is 8.31. The van der Waals surface area contributed by atoms with Crippen LogP contribution >= 0.6 is 11.3 Å². The number of likely N-dealkylation sites (N-methyl/N-ethyl adjacent to an activating group) is 1. The molecule has 43 heavy (non-hydrogen) atoms. The van der Waals surface area contributed by atoms with Crippen LogP contribution in [-0.4, -0.2) is 58.3 Å². The Morgan fingerprint density at radius 2 is 1.58 bits per heavy atom. The predicted octanol–water partition coefficient (Wildman–Crippen LogP) is 6.72. The molecule has 5 rings (SSSR count). The number of carbonyl (C=O) groups excluding carboxylic acids is 1. The molecule has 0 atom stereocenters. The molecule has 0 unspecified atom stereocenters. The summed E-state index contributed by atoms with van der Waals surface area (Å²) in [6.45, 7) is 7.75. The molecule has 0 saturated carbocycles. The average Bonchev–Trinajstić information content (AvgIpc) is 3.49. The molecule has 0 N–H and O–H groups in total. The molecular formula is C33H35F3N4O2S. The summed E-state index contributed by atoms with van der Waals surface area (Å²) in [5.41, 5.74) is 2.36. The van der Waals surface area contributed by atoms with Gasteiger partial charge in [-0.2, -0.15) is 13.2 Å². The van der Waals surface area contributed by atoms with Crippen molar-refractivity contribution in [1.29, 1.82) is 0 Å². The molecule has 3 aromatic carbocycles. The normalized spacial score (nSPS) is 14.3. The predicted molar refractivity (Wildman–Crippen MR) is 162 cm³/mol. The van der Waals surface area contributed by atoms with E-state index >= 15 is 0 Å². The molecule has 1 fully saturated rings. The van der Waals surface area contributed by atoms with Gasteiger partial charge in [-0.3, -0.25) is 9.69 Å². The number of carbonyl (C=O) groups is 1. The van der Waals surface area contributed by atoms with Gasteiger partial charge < -0.3 is 14.5 Å². The zero-order valence-corrected chi connectivity index (χ0v) is 24.9. The number of nitrogens with zero attached hydrogens (tertiary/aromatic N) is 4. The second kappa shape index (κ2) is 14.2. The highest BCUT2D eigenvalue weighted by Crippen LogP contribution is 2.30. The first kappa shape index (κ1) is 30.7. The molecular weight excluding hydrogens is 573 g/mol. The second-order valence-electron chi connectivity index (χ2n) is 10.6. The molecule has 0 radical (unpaired) electrons. The SMILES string of the molecule is CCN1CCN(C(=O)c2csc(CN(Cc3ccc(OCc4ccccc4)cc3)Cc3cccc(C(F)(F)F)c3)n2)CC1. The monoisotopic (exact) mass is 608 g/mol. The van der Waals surface area contributed by atoms with E-state index in [9.17, 15) is 18.0 Å². The smallest absolute Gasteiger partial charge is 0.416 e. The molecule has 6 nitrogen and oxygen atoms in total. The van der Waals surface area contributed by atoms with Crippen LogP contribution in [0.3, 0.4) is 0 Å². The maximum Gasteiger partial charge on any atom is 0.416 e. The van der Waals surface area contributed by atoms with Gasteiger partial charge in [0.25, 0.3) is 5.91 Å². The number of hydrogen-bond acceptors (Lipinski definition) is 6. The lowest BCUT2D eigenvalue weighted by Gasteiger charge is -2.33. The van der Waals surface area contributed by atoms with E-state index in [0.717, 1.165) is 47.6 Å². The van der Waals surface area contributed by atoms with E-state index in [1.165, 1.54) is 23.5 Å². The third kappa shape index (κ3) is 8.65. The number of hydrogen-bond donors (Lipinski definition) is 0. The summed E-state index contributed by atoms with van der Waals surface area (Å²) in [5, 5.41) is 2.52. The third-order valence-electron chi connectivity index (χ3n) is 7.47. The van der Waals surface area contributed by atoms with Crippen LogP contribution in [0.15, 0.2) is 84.2 Å². The largest absolute Gasteiger partial charge is 0.489 e. The van der Waals surface area contributed by atoms with Crippen molar-refractivity contribution >= 4 is 17.2 Å². The molecule has 1 amide bonds. The summed E-state index contributed by atoms with van der Waals surface area (Å²) in [6.07, 6.45) is -4.41. The van der Waals surface area contributed by atoms with Crippen molar-refractivity contribution in [2.45, 2.75) is 39.3 Å². The fourth-order valence-electron chi connectivity index (χ4n) is 5.06. The molecule has 1 saturated heterocycles. The van der Waals surface area contributed by atoms with Crippen LogP contribution in [0.25, 0.3) is 0 Å². The molecule has 1 aliphatic rings. The Balaban J connectivity index is 1.28. The number of amides is 1. The fourth-order valence-corrected chi connectivity index (χ4v) is 5.87. The number of ether oxygens (including phenoxy) is 1. The maximum absolute atomic E-state index is 13.4. The van der Waals surface area contributed by atoms with Crippen LogP contribution in [-0.2, 0) is 32.4 Å². The maximum atomic E-state index is 13.4. The first-order valence-corrected chi connectivity index (χ1v) is 15.2. The van der Waals surface area contributed by atoms with Crippen LogP contribution in [0, 0.1) is 0 Å². The van der Waals surface area contributed by atoms with Crippen molar-refractivity contribution < 1.29 is 22.7 Å². The highest BCUT2D eigenvalue weighted by atomic mass is 32.1. The zero-order chi connectivity index (χ0) is 30.2. The van der Waals surface area contributed by atoms with Gasteiger partial charge in [-0.25, -0.2) is 4.98 Å². The number of thiazole rings is 1. The van der Waals surface area contributed by atoms with Gasteiger partial charge >= 0.3 is 6.18 Å². The van der Waals surface area contributed by atoms with E-state index in [0.29, 0.717) is 44.0 Å². The number of aromatic nitrogens is 1. The van der Waals surface area contributed by atoms with Crippen molar-refractivity contribution in [3.63, 3.8) is 0 Å². The molecule has 10 heteroatoms. The summed E-state index contributed by atoms with van der Waals surface area (Å²) in [5.74, 6) is 0.661. The molecule has 0 aliphatic carbocycles. The van der Waals surface area contributed by atoms with Gasteiger partial charge in [0.05, 0.1) is 12.1 Å². The minimum Gasteiger partial charge on any atom is -0.489 e. The molecule has 1 aromatic heterocycles. The molecule has 1 aliphatic heterocycles. The number of halogens is 3. The van der Waals surface area contributed by atoms with Gasteiger partial charge in [-0.05, 0) is 41.4 Å². The Kier molecular flexibility index (Phi) is 10.1. The molecule has 0 spiro atoms. The van der Waals surface area contributed by atoms with Gasteiger partial charge in [-0.1, -0.05) is 67.6 Å². The highest BCUT2D eigenvalue weighted by Gasteiger charge is 2.30. The molecule has 2 heterocycles. The lowest BCUT2D eigenvalue weighted by molar-refractivity contribution is -0.137. The minimum absolute atomic E-state index is 0.0752. The Morgan fingerprint density at radius 1 is 0.884 bits per heavy atom. The topological polar surface area (TPSA) is 48.9 Å². The first-order valence-electron chi connectivity index (χ1n) is 14.4. The van der Waals surface area contributed by atoms with Gasteiger partial charge in [0.2, 0.25) is 0 Å². The van der Waals surface area contributed by atoms with Gasteiger partial charge in [-0.15, -0.1) is 11.3 Å². The van der Waals surface area contributed by atoms with Gasteiger partial charge in [0.1, 0.15) is 23.1 Å². The van der Waals surface area contributed by atoms with E-state index in [1.54, 1.807) is 11.4 Å². The first-order chi connectivity index (χ1) is 20.8. The lowest BCUT2D eigenvalue weighted by Crippen LogP contribution is -2.48. The van der Waals surface area contributed by atoms with Crippen molar-refractivity contribution in [2.24, 2.45) is 0 Å². The van der Waals surface area contributed by atoms with Crippen LogP contribution in [0.2, 0.25) is 0 Å².